The van der Waals surface area contributed by atoms with Crippen LogP contribution in [0.25, 0.3) is 10.9 Å². The third-order valence-electron chi connectivity index (χ3n) is 4.20. The number of pyridine rings is 1. The second-order valence-corrected chi connectivity index (χ2v) is 5.37. The van der Waals surface area contributed by atoms with Crippen molar-refractivity contribution in [2.45, 2.75) is 26.3 Å². The van der Waals surface area contributed by atoms with Crippen LogP contribution >= 0.6 is 0 Å². The highest BCUT2D eigenvalue weighted by molar-refractivity contribution is 5.84. The normalized spacial score (nSPS) is 19.3. The number of fused-ring (bicyclic) bond motifs is 1. The molecule has 0 bridgehead atoms. The van der Waals surface area contributed by atoms with E-state index in [9.17, 15) is 0 Å². The molecule has 19 heavy (non-hydrogen) atoms. The predicted molar refractivity (Wildman–Crippen MR) is 80.2 cm³/mol. The summed E-state index contributed by atoms with van der Waals surface area (Å²) in [5, 5.41) is 1.18. The molecule has 3 rings (SSSR count). The van der Waals surface area contributed by atoms with E-state index in [1.165, 1.54) is 23.8 Å². The molecule has 1 atom stereocenters. The van der Waals surface area contributed by atoms with E-state index >= 15 is 0 Å². The maximum Gasteiger partial charge on any atom is 0.129 e. The first-order valence-corrected chi connectivity index (χ1v) is 7.15. The standard InChI is InChI=1S/C16H21N3/c1-2-12-7-8-19(11-12)16-9-13(10-17)14-5-3-4-6-15(14)18-16/h3-6,9,12H,2,7-8,10-11,17H2,1H3. The van der Waals surface area contributed by atoms with Gasteiger partial charge >= 0.3 is 0 Å². The van der Waals surface area contributed by atoms with Crippen molar-refractivity contribution in [1.29, 1.82) is 0 Å². The minimum Gasteiger partial charge on any atom is -0.356 e. The van der Waals surface area contributed by atoms with Crippen LogP contribution in [0.5, 0.6) is 0 Å². The van der Waals surface area contributed by atoms with Gasteiger partial charge in [0.15, 0.2) is 0 Å². The third-order valence-corrected chi connectivity index (χ3v) is 4.20. The van der Waals surface area contributed by atoms with Gasteiger partial charge in [-0.25, -0.2) is 4.98 Å². The van der Waals surface area contributed by atoms with Gasteiger partial charge in [0.2, 0.25) is 0 Å². The monoisotopic (exact) mass is 255 g/mol. The fraction of sp³-hybridized carbons (Fsp3) is 0.438. The highest BCUT2D eigenvalue weighted by Crippen LogP contribution is 2.27. The van der Waals surface area contributed by atoms with Gasteiger partial charge in [0, 0.05) is 25.0 Å². The van der Waals surface area contributed by atoms with E-state index in [1.807, 2.05) is 12.1 Å². The largest absolute Gasteiger partial charge is 0.356 e. The molecule has 2 N–H and O–H groups in total. The molecule has 1 unspecified atom stereocenters. The van der Waals surface area contributed by atoms with Gasteiger partial charge in [-0.3, -0.25) is 0 Å². The molecule has 0 saturated carbocycles. The van der Waals surface area contributed by atoms with Crippen LogP contribution in [-0.4, -0.2) is 18.1 Å². The lowest BCUT2D eigenvalue weighted by Crippen LogP contribution is -2.21. The third kappa shape index (κ3) is 2.30. The van der Waals surface area contributed by atoms with Crippen molar-refractivity contribution >= 4 is 16.7 Å². The summed E-state index contributed by atoms with van der Waals surface area (Å²) in [4.78, 5) is 7.21. The van der Waals surface area contributed by atoms with Crippen molar-refractivity contribution < 1.29 is 0 Å². The second-order valence-electron chi connectivity index (χ2n) is 5.37. The van der Waals surface area contributed by atoms with Crippen LogP contribution in [0.15, 0.2) is 30.3 Å². The first-order valence-electron chi connectivity index (χ1n) is 7.15. The molecule has 1 aliphatic heterocycles. The van der Waals surface area contributed by atoms with E-state index in [4.69, 9.17) is 10.7 Å². The van der Waals surface area contributed by atoms with Crippen LogP contribution in [0.3, 0.4) is 0 Å². The Bertz CT molecular complexity index is 579. The molecule has 2 heterocycles. The van der Waals surface area contributed by atoms with Crippen LogP contribution in [0.2, 0.25) is 0 Å². The predicted octanol–water partition coefficient (Wildman–Crippen LogP) is 2.93. The zero-order chi connectivity index (χ0) is 13.2. The van der Waals surface area contributed by atoms with E-state index in [2.05, 4.69) is 30.0 Å². The number of rotatable bonds is 3. The van der Waals surface area contributed by atoms with E-state index in [-0.39, 0.29) is 0 Å². The number of nitrogens with two attached hydrogens (primary N) is 1. The molecule has 2 aromatic rings. The zero-order valence-corrected chi connectivity index (χ0v) is 11.5. The Morgan fingerprint density at radius 2 is 2.21 bits per heavy atom. The summed E-state index contributed by atoms with van der Waals surface area (Å²) in [5.41, 5.74) is 8.14. The molecule has 1 aromatic heterocycles. The number of anilines is 1. The number of benzene rings is 1. The second kappa shape index (κ2) is 5.17. The van der Waals surface area contributed by atoms with Crippen LogP contribution in [0.1, 0.15) is 25.3 Å². The summed E-state index contributed by atoms with van der Waals surface area (Å²) in [6.07, 6.45) is 2.54. The van der Waals surface area contributed by atoms with E-state index in [1.54, 1.807) is 0 Å². The molecule has 3 nitrogen and oxygen atoms in total. The van der Waals surface area contributed by atoms with Gasteiger partial charge in [0.25, 0.3) is 0 Å². The maximum atomic E-state index is 5.89. The summed E-state index contributed by atoms with van der Waals surface area (Å²) in [6.45, 7) is 5.09. The molecule has 1 aromatic carbocycles. The van der Waals surface area contributed by atoms with Crippen LogP contribution < -0.4 is 10.6 Å². The number of hydrogen-bond donors (Lipinski definition) is 1. The maximum absolute atomic E-state index is 5.89. The van der Waals surface area contributed by atoms with Gasteiger partial charge in [-0.05, 0) is 30.0 Å². The van der Waals surface area contributed by atoms with Crippen LogP contribution in [0.4, 0.5) is 5.82 Å². The molecule has 0 radical (unpaired) electrons. The minimum atomic E-state index is 0.571. The number of nitrogens with zero attached hydrogens (tertiary/aromatic N) is 2. The highest BCUT2D eigenvalue weighted by Gasteiger charge is 2.22. The highest BCUT2D eigenvalue weighted by atomic mass is 15.2. The number of hydrogen-bond acceptors (Lipinski definition) is 3. The van der Waals surface area contributed by atoms with Crippen LogP contribution in [-0.2, 0) is 6.54 Å². The van der Waals surface area contributed by atoms with Crippen molar-refractivity contribution in [3.8, 4) is 0 Å². The molecule has 0 spiro atoms. The molecular formula is C16H21N3. The fourth-order valence-electron chi connectivity index (χ4n) is 2.94. The summed E-state index contributed by atoms with van der Waals surface area (Å²) in [7, 11) is 0. The Hall–Kier alpha value is -1.61. The van der Waals surface area contributed by atoms with Gasteiger partial charge in [-0.1, -0.05) is 31.5 Å². The molecule has 1 saturated heterocycles. The average molecular weight is 255 g/mol. The van der Waals surface area contributed by atoms with Gasteiger partial charge in [-0.2, -0.15) is 0 Å². The zero-order valence-electron chi connectivity index (χ0n) is 11.5. The summed E-state index contributed by atoms with van der Waals surface area (Å²) < 4.78 is 0. The van der Waals surface area contributed by atoms with E-state index in [0.717, 1.165) is 30.3 Å². The Balaban J connectivity index is 2.00. The molecular weight excluding hydrogens is 234 g/mol. The minimum absolute atomic E-state index is 0.571. The van der Waals surface area contributed by atoms with Crippen molar-refractivity contribution in [3.63, 3.8) is 0 Å². The Kier molecular flexibility index (Phi) is 3.38. The van der Waals surface area contributed by atoms with E-state index < -0.39 is 0 Å². The fourth-order valence-corrected chi connectivity index (χ4v) is 2.94. The molecule has 0 aliphatic carbocycles. The lowest BCUT2D eigenvalue weighted by atomic mass is 10.1. The lowest BCUT2D eigenvalue weighted by molar-refractivity contribution is 0.569. The molecule has 1 aliphatic rings. The van der Waals surface area contributed by atoms with Crippen molar-refractivity contribution in [2.24, 2.45) is 11.7 Å². The number of aromatic nitrogens is 1. The molecule has 100 valence electrons. The number of para-hydroxylation sites is 1. The Morgan fingerprint density at radius 3 is 2.95 bits per heavy atom. The van der Waals surface area contributed by atoms with Gasteiger partial charge in [-0.15, -0.1) is 0 Å². The van der Waals surface area contributed by atoms with Crippen molar-refractivity contribution in [1.82, 2.24) is 4.98 Å². The molecule has 3 heteroatoms. The van der Waals surface area contributed by atoms with Crippen molar-refractivity contribution in [3.05, 3.63) is 35.9 Å². The van der Waals surface area contributed by atoms with Crippen LogP contribution in [0, 0.1) is 5.92 Å². The van der Waals surface area contributed by atoms with Gasteiger partial charge in [0.1, 0.15) is 5.82 Å². The Labute approximate surface area is 114 Å². The quantitative estimate of drug-likeness (QED) is 0.917. The average Bonchev–Trinajstić information content (AvgIpc) is 2.95. The first-order chi connectivity index (χ1) is 9.31. The van der Waals surface area contributed by atoms with Gasteiger partial charge < -0.3 is 10.6 Å². The Morgan fingerprint density at radius 1 is 1.37 bits per heavy atom. The summed E-state index contributed by atoms with van der Waals surface area (Å²) in [5.74, 6) is 1.91. The smallest absolute Gasteiger partial charge is 0.129 e. The summed E-state index contributed by atoms with van der Waals surface area (Å²) >= 11 is 0. The molecule has 1 fully saturated rings. The first kappa shape index (κ1) is 12.4. The summed E-state index contributed by atoms with van der Waals surface area (Å²) in [6, 6.07) is 10.4. The lowest BCUT2D eigenvalue weighted by Gasteiger charge is -2.19. The SMILES string of the molecule is CCC1CCN(c2cc(CN)c3ccccc3n2)C1. The van der Waals surface area contributed by atoms with E-state index in [0.29, 0.717) is 6.54 Å². The van der Waals surface area contributed by atoms with Gasteiger partial charge in [0.05, 0.1) is 5.52 Å². The topological polar surface area (TPSA) is 42.1 Å². The molecule has 0 amide bonds. The van der Waals surface area contributed by atoms with Crippen molar-refractivity contribution in [2.75, 3.05) is 18.0 Å².